The van der Waals surface area contributed by atoms with Gasteiger partial charge in [-0.05, 0) is 70.9 Å². The zero-order chi connectivity index (χ0) is 19.3. The summed E-state index contributed by atoms with van der Waals surface area (Å²) in [6, 6.07) is 20.2. The van der Waals surface area contributed by atoms with Gasteiger partial charge in [0.1, 0.15) is 0 Å². The van der Waals surface area contributed by atoms with Crippen LogP contribution in [-0.4, -0.2) is 4.98 Å². The molecule has 0 saturated heterocycles. The minimum absolute atomic E-state index is 0.967. The van der Waals surface area contributed by atoms with Crippen LogP contribution >= 0.6 is 0 Å². The van der Waals surface area contributed by atoms with Gasteiger partial charge in [0.05, 0.1) is 5.69 Å². The molecule has 3 aromatic rings. The van der Waals surface area contributed by atoms with Crippen molar-refractivity contribution in [2.24, 2.45) is 0 Å². The third kappa shape index (κ3) is 4.09. The fraction of sp³-hybridized carbons (Fsp3) is 0.296. The van der Waals surface area contributed by atoms with E-state index in [0.717, 1.165) is 12.1 Å². The van der Waals surface area contributed by atoms with E-state index >= 15 is 0 Å². The number of benzene rings is 2. The molecule has 1 heteroatoms. The molecule has 4 rings (SSSR count). The van der Waals surface area contributed by atoms with Crippen LogP contribution in [0.1, 0.15) is 60.6 Å². The maximum atomic E-state index is 4.63. The topological polar surface area (TPSA) is 12.9 Å². The molecule has 1 nitrogen and oxygen atoms in total. The molecule has 1 aromatic heterocycles. The first-order valence-corrected chi connectivity index (χ1v) is 10.6. The van der Waals surface area contributed by atoms with Gasteiger partial charge in [-0.1, -0.05) is 74.7 Å². The molecule has 1 aliphatic carbocycles. The van der Waals surface area contributed by atoms with Crippen molar-refractivity contribution in [3.8, 4) is 11.1 Å². The zero-order valence-electron chi connectivity index (χ0n) is 17.0. The SMILES string of the molecule is CCCCCCc1ccc(-c2cccc3c2C=C(c2ccc(C)cn2)C3)cc1. The molecule has 0 amide bonds. The molecule has 0 aliphatic heterocycles. The molecule has 0 N–H and O–H groups in total. The van der Waals surface area contributed by atoms with Crippen LogP contribution < -0.4 is 0 Å². The van der Waals surface area contributed by atoms with Crippen LogP contribution in [0.5, 0.6) is 0 Å². The van der Waals surface area contributed by atoms with Crippen molar-refractivity contribution in [2.75, 3.05) is 0 Å². The Labute approximate surface area is 169 Å². The summed E-state index contributed by atoms with van der Waals surface area (Å²) in [5.74, 6) is 0. The molecule has 0 radical (unpaired) electrons. The second kappa shape index (κ2) is 8.56. The normalized spacial score (nSPS) is 12.7. The van der Waals surface area contributed by atoms with Gasteiger partial charge in [-0.15, -0.1) is 0 Å². The Balaban J connectivity index is 1.56. The number of aryl methyl sites for hydroxylation is 2. The largest absolute Gasteiger partial charge is 0.256 e. The quantitative estimate of drug-likeness (QED) is 0.400. The van der Waals surface area contributed by atoms with Crippen molar-refractivity contribution < 1.29 is 0 Å². The average molecular weight is 368 g/mol. The first kappa shape index (κ1) is 18.7. The smallest absolute Gasteiger partial charge is 0.0665 e. The lowest BCUT2D eigenvalue weighted by atomic mass is 9.95. The van der Waals surface area contributed by atoms with Crippen LogP contribution in [0.3, 0.4) is 0 Å². The first-order valence-electron chi connectivity index (χ1n) is 10.6. The fourth-order valence-electron chi connectivity index (χ4n) is 4.05. The van der Waals surface area contributed by atoms with E-state index < -0.39 is 0 Å². The minimum atomic E-state index is 0.967. The van der Waals surface area contributed by atoms with Crippen molar-refractivity contribution in [3.63, 3.8) is 0 Å². The van der Waals surface area contributed by atoms with Gasteiger partial charge >= 0.3 is 0 Å². The van der Waals surface area contributed by atoms with Crippen LogP contribution in [-0.2, 0) is 12.8 Å². The second-order valence-corrected chi connectivity index (χ2v) is 7.95. The van der Waals surface area contributed by atoms with Crippen LogP contribution in [0.4, 0.5) is 0 Å². The van der Waals surface area contributed by atoms with Crippen LogP contribution in [0, 0.1) is 6.92 Å². The van der Waals surface area contributed by atoms with E-state index in [1.165, 1.54) is 71.1 Å². The van der Waals surface area contributed by atoms with E-state index in [-0.39, 0.29) is 0 Å². The number of hydrogen-bond acceptors (Lipinski definition) is 1. The van der Waals surface area contributed by atoms with Crippen molar-refractivity contribution in [1.82, 2.24) is 4.98 Å². The third-order valence-corrected chi connectivity index (χ3v) is 5.72. The average Bonchev–Trinajstić information content (AvgIpc) is 3.17. The van der Waals surface area contributed by atoms with Gasteiger partial charge in [0.25, 0.3) is 0 Å². The number of allylic oxidation sites excluding steroid dienone is 1. The molecule has 1 heterocycles. The Hall–Kier alpha value is -2.67. The number of pyridine rings is 1. The summed E-state index contributed by atoms with van der Waals surface area (Å²) in [7, 11) is 0. The summed E-state index contributed by atoms with van der Waals surface area (Å²) < 4.78 is 0. The van der Waals surface area contributed by atoms with E-state index in [2.05, 4.69) is 79.5 Å². The van der Waals surface area contributed by atoms with E-state index in [1.54, 1.807) is 0 Å². The van der Waals surface area contributed by atoms with Crippen LogP contribution in [0.2, 0.25) is 0 Å². The Kier molecular flexibility index (Phi) is 5.71. The molecule has 0 atom stereocenters. The highest BCUT2D eigenvalue weighted by atomic mass is 14.7. The highest BCUT2D eigenvalue weighted by molar-refractivity contribution is 5.93. The lowest BCUT2D eigenvalue weighted by molar-refractivity contribution is 0.667. The van der Waals surface area contributed by atoms with Crippen LogP contribution in [0.25, 0.3) is 22.8 Å². The number of aromatic nitrogens is 1. The molecule has 0 fully saturated rings. The maximum Gasteiger partial charge on any atom is 0.0665 e. The Morgan fingerprint density at radius 3 is 2.50 bits per heavy atom. The predicted octanol–water partition coefficient (Wildman–Crippen LogP) is 7.28. The fourth-order valence-corrected chi connectivity index (χ4v) is 4.05. The summed E-state index contributed by atoms with van der Waals surface area (Å²) >= 11 is 0. The van der Waals surface area contributed by atoms with Gasteiger partial charge in [0, 0.05) is 12.6 Å². The zero-order valence-corrected chi connectivity index (χ0v) is 17.0. The standard InChI is InChI=1S/C27H29N/c1-3-4-5-6-8-21-12-14-22(15-13-21)25-10-7-9-23-17-24(18-26(23)25)27-16-11-20(2)19-28-27/h7,9-16,18-19H,3-6,8,17H2,1-2H3. The van der Waals surface area contributed by atoms with Crippen molar-refractivity contribution in [3.05, 3.63) is 88.7 Å². The van der Waals surface area contributed by atoms with Crippen molar-refractivity contribution in [2.45, 2.75) is 52.4 Å². The molecule has 0 unspecified atom stereocenters. The molecular formula is C27H29N. The highest BCUT2D eigenvalue weighted by Crippen LogP contribution is 2.37. The summed E-state index contributed by atoms with van der Waals surface area (Å²) in [6.07, 6.45) is 11.7. The lowest BCUT2D eigenvalue weighted by Crippen LogP contribution is -1.90. The Bertz CT molecular complexity index is 962. The molecule has 28 heavy (non-hydrogen) atoms. The van der Waals surface area contributed by atoms with Gasteiger partial charge < -0.3 is 0 Å². The monoisotopic (exact) mass is 367 g/mol. The van der Waals surface area contributed by atoms with Crippen LogP contribution in [0.15, 0.2) is 60.8 Å². The van der Waals surface area contributed by atoms with E-state index in [1.807, 2.05) is 6.20 Å². The highest BCUT2D eigenvalue weighted by Gasteiger charge is 2.18. The lowest BCUT2D eigenvalue weighted by Gasteiger charge is -2.09. The molecule has 142 valence electrons. The summed E-state index contributed by atoms with van der Waals surface area (Å²) in [5.41, 5.74) is 10.5. The molecule has 2 aromatic carbocycles. The second-order valence-electron chi connectivity index (χ2n) is 7.95. The van der Waals surface area contributed by atoms with E-state index in [9.17, 15) is 0 Å². The molecule has 1 aliphatic rings. The van der Waals surface area contributed by atoms with Gasteiger partial charge in [0.15, 0.2) is 0 Å². The Morgan fingerprint density at radius 2 is 1.75 bits per heavy atom. The number of nitrogens with zero attached hydrogens (tertiary/aromatic N) is 1. The van der Waals surface area contributed by atoms with E-state index in [0.29, 0.717) is 0 Å². The molecule has 0 bridgehead atoms. The number of unbranched alkanes of at least 4 members (excludes halogenated alkanes) is 3. The van der Waals surface area contributed by atoms with Gasteiger partial charge in [-0.3, -0.25) is 4.98 Å². The Morgan fingerprint density at radius 1 is 0.893 bits per heavy atom. The predicted molar refractivity (Wildman–Crippen MR) is 120 cm³/mol. The summed E-state index contributed by atoms with van der Waals surface area (Å²) in [6.45, 7) is 4.35. The number of rotatable bonds is 7. The summed E-state index contributed by atoms with van der Waals surface area (Å²) in [5, 5.41) is 0. The molecule has 0 saturated carbocycles. The van der Waals surface area contributed by atoms with Crippen molar-refractivity contribution >= 4 is 11.6 Å². The molecular weight excluding hydrogens is 338 g/mol. The minimum Gasteiger partial charge on any atom is -0.256 e. The number of hydrogen-bond donors (Lipinski definition) is 0. The van der Waals surface area contributed by atoms with Crippen molar-refractivity contribution in [1.29, 1.82) is 0 Å². The van der Waals surface area contributed by atoms with Gasteiger partial charge in [0.2, 0.25) is 0 Å². The third-order valence-electron chi connectivity index (χ3n) is 5.72. The van der Waals surface area contributed by atoms with E-state index in [4.69, 9.17) is 0 Å². The summed E-state index contributed by atoms with van der Waals surface area (Å²) in [4.78, 5) is 4.63. The number of fused-ring (bicyclic) bond motifs is 1. The molecule has 0 spiro atoms. The van der Waals surface area contributed by atoms with Gasteiger partial charge in [-0.2, -0.15) is 0 Å². The maximum absolute atomic E-state index is 4.63. The van der Waals surface area contributed by atoms with Gasteiger partial charge in [-0.25, -0.2) is 0 Å². The first-order chi connectivity index (χ1) is 13.7.